The van der Waals surface area contributed by atoms with Gasteiger partial charge in [-0.25, -0.2) is 17.5 Å². The van der Waals surface area contributed by atoms with Gasteiger partial charge in [-0.05, 0) is 5.53 Å². The van der Waals surface area contributed by atoms with E-state index in [4.69, 9.17) is 5.53 Å². The van der Waals surface area contributed by atoms with Gasteiger partial charge in [-0.1, -0.05) is 0 Å². The lowest BCUT2D eigenvalue weighted by molar-refractivity contribution is 0.199. The molecular weight excluding hydrogens is 226 g/mol. The Morgan fingerprint density at radius 2 is 2.13 bits per heavy atom. The van der Waals surface area contributed by atoms with Gasteiger partial charge in [0.15, 0.2) is 0 Å². The number of urea groups is 2. The molecule has 1 aliphatic heterocycles. The van der Waals surface area contributed by atoms with Crippen LogP contribution in [0.4, 0.5) is 9.59 Å². The van der Waals surface area contributed by atoms with Gasteiger partial charge in [-0.2, -0.15) is 0 Å². The summed E-state index contributed by atoms with van der Waals surface area (Å²) >= 11 is 0. The number of hydrogen-bond donors (Lipinski definition) is 0. The van der Waals surface area contributed by atoms with Crippen molar-refractivity contribution < 1.29 is 18.0 Å². The van der Waals surface area contributed by atoms with Crippen molar-refractivity contribution in [2.24, 2.45) is 5.11 Å². The van der Waals surface area contributed by atoms with Crippen LogP contribution >= 0.6 is 0 Å². The van der Waals surface area contributed by atoms with Crippen LogP contribution in [0.2, 0.25) is 0 Å². The van der Waals surface area contributed by atoms with Crippen molar-refractivity contribution in [3.05, 3.63) is 10.4 Å². The highest BCUT2D eigenvalue weighted by Gasteiger charge is 2.37. The van der Waals surface area contributed by atoms with Crippen LogP contribution < -0.4 is 0 Å². The molecule has 0 saturated carbocycles. The maximum absolute atomic E-state index is 11.3. The van der Waals surface area contributed by atoms with E-state index in [-0.39, 0.29) is 13.1 Å². The Hall–Kier alpha value is -1.80. The van der Waals surface area contributed by atoms with Crippen molar-refractivity contribution in [2.45, 2.75) is 0 Å². The number of imide groups is 1. The molecule has 0 radical (unpaired) electrons. The van der Waals surface area contributed by atoms with E-state index in [1.165, 1.54) is 0 Å². The summed E-state index contributed by atoms with van der Waals surface area (Å²) in [5.74, 6) is 0. The van der Waals surface area contributed by atoms with Crippen molar-refractivity contribution >= 4 is 22.1 Å². The molecule has 0 aliphatic carbocycles. The van der Waals surface area contributed by atoms with Gasteiger partial charge in [0, 0.05) is 16.6 Å². The molecule has 1 saturated heterocycles. The fourth-order valence-corrected chi connectivity index (χ4v) is 1.89. The molecule has 15 heavy (non-hydrogen) atoms. The van der Waals surface area contributed by atoms with Crippen LogP contribution in [0.5, 0.6) is 0 Å². The Balaban J connectivity index is 2.91. The van der Waals surface area contributed by atoms with Gasteiger partial charge in [0.25, 0.3) is 0 Å². The second-order valence-corrected chi connectivity index (χ2v) is 4.65. The number of nitrogens with zero attached hydrogens (tertiary/aromatic N) is 5. The van der Waals surface area contributed by atoms with Crippen molar-refractivity contribution in [3.8, 4) is 0 Å². The second kappa shape index (κ2) is 3.75. The van der Waals surface area contributed by atoms with Gasteiger partial charge in [0.2, 0.25) is 10.0 Å². The van der Waals surface area contributed by atoms with Gasteiger partial charge in [0.1, 0.15) is 0 Å². The third kappa shape index (κ3) is 2.17. The molecule has 0 N–H and O–H groups in total. The molecule has 1 heterocycles. The third-order valence-electron chi connectivity index (χ3n) is 1.73. The summed E-state index contributed by atoms with van der Waals surface area (Å²) in [4.78, 5) is 25.1. The highest BCUT2D eigenvalue weighted by atomic mass is 32.2. The first-order valence-corrected chi connectivity index (χ1v) is 5.61. The minimum atomic E-state index is -3.68. The molecule has 0 aromatic rings. The Labute approximate surface area is 84.9 Å². The standard InChI is InChI=1S/C5H7N5O4S/c1-15(13,14)10-3-2-9(5(10)12)4(11)7-8-6/h2-3H2,1H3. The quantitative estimate of drug-likeness (QED) is 0.362. The molecule has 0 spiro atoms. The predicted molar refractivity (Wildman–Crippen MR) is 48.2 cm³/mol. The lowest BCUT2D eigenvalue weighted by atomic mass is 10.6. The summed E-state index contributed by atoms with van der Waals surface area (Å²) in [6.07, 6.45) is 0.854. The van der Waals surface area contributed by atoms with Gasteiger partial charge >= 0.3 is 12.1 Å². The van der Waals surface area contributed by atoms with Crippen LogP contribution in [0.1, 0.15) is 0 Å². The van der Waals surface area contributed by atoms with E-state index < -0.39 is 22.1 Å². The molecular formula is C5H7N5O4S. The Morgan fingerprint density at radius 3 is 2.53 bits per heavy atom. The molecule has 1 aliphatic rings. The Kier molecular flexibility index (Phi) is 2.82. The average Bonchev–Trinajstić information content (AvgIpc) is 2.46. The van der Waals surface area contributed by atoms with Crippen molar-refractivity contribution in [3.63, 3.8) is 0 Å². The molecule has 0 atom stereocenters. The van der Waals surface area contributed by atoms with Crippen molar-refractivity contribution in [1.29, 1.82) is 0 Å². The summed E-state index contributed by atoms with van der Waals surface area (Å²) < 4.78 is 22.6. The summed E-state index contributed by atoms with van der Waals surface area (Å²) in [5.41, 5.74) is 7.98. The highest BCUT2D eigenvalue weighted by Crippen LogP contribution is 2.13. The van der Waals surface area contributed by atoms with Crippen LogP contribution in [0, 0.1) is 0 Å². The van der Waals surface area contributed by atoms with E-state index in [1.54, 1.807) is 0 Å². The van der Waals surface area contributed by atoms with Gasteiger partial charge < -0.3 is 0 Å². The van der Waals surface area contributed by atoms with Gasteiger partial charge in [0.05, 0.1) is 12.8 Å². The molecule has 0 bridgehead atoms. The molecule has 82 valence electrons. The van der Waals surface area contributed by atoms with E-state index in [1.807, 2.05) is 0 Å². The number of sulfonamides is 1. The maximum Gasteiger partial charge on any atom is 0.340 e. The van der Waals surface area contributed by atoms with E-state index in [9.17, 15) is 18.0 Å². The summed E-state index contributed by atoms with van der Waals surface area (Å²) in [5, 5.41) is 2.70. The first kappa shape index (κ1) is 11.3. The lowest BCUT2D eigenvalue weighted by Crippen LogP contribution is -2.37. The predicted octanol–water partition coefficient (Wildman–Crippen LogP) is 0.114. The average molecular weight is 233 g/mol. The largest absolute Gasteiger partial charge is 0.340 e. The zero-order chi connectivity index (χ0) is 11.6. The van der Waals surface area contributed by atoms with Crippen LogP contribution in [-0.4, -0.2) is 49.0 Å². The Morgan fingerprint density at radius 1 is 1.53 bits per heavy atom. The zero-order valence-corrected chi connectivity index (χ0v) is 8.51. The van der Waals surface area contributed by atoms with E-state index in [0.29, 0.717) is 9.21 Å². The molecule has 9 nitrogen and oxygen atoms in total. The van der Waals surface area contributed by atoms with Crippen LogP contribution in [0.15, 0.2) is 5.11 Å². The number of azide groups is 1. The van der Waals surface area contributed by atoms with E-state index >= 15 is 0 Å². The SMILES string of the molecule is CS(=O)(=O)N1CCN(C(=O)N=[N+]=[N-])C1=O. The number of carbonyl (C=O) groups is 2. The van der Waals surface area contributed by atoms with Gasteiger partial charge in [-0.15, -0.1) is 0 Å². The third-order valence-corrected chi connectivity index (χ3v) is 2.87. The monoisotopic (exact) mass is 233 g/mol. The minimum absolute atomic E-state index is 0.107. The summed E-state index contributed by atoms with van der Waals surface area (Å²) in [7, 11) is -3.68. The molecule has 1 fully saturated rings. The highest BCUT2D eigenvalue weighted by molar-refractivity contribution is 7.88. The first-order chi connectivity index (χ1) is 6.88. The lowest BCUT2D eigenvalue weighted by Gasteiger charge is -2.13. The van der Waals surface area contributed by atoms with Crippen molar-refractivity contribution in [2.75, 3.05) is 19.3 Å². The van der Waals surface area contributed by atoms with Crippen LogP contribution in [-0.2, 0) is 10.0 Å². The first-order valence-electron chi connectivity index (χ1n) is 3.76. The molecule has 0 unspecified atom stereocenters. The number of carbonyl (C=O) groups excluding carboxylic acids is 2. The fourth-order valence-electron chi connectivity index (χ4n) is 1.09. The van der Waals surface area contributed by atoms with E-state index in [0.717, 1.165) is 6.26 Å². The summed E-state index contributed by atoms with van der Waals surface area (Å²) in [6, 6.07) is -2.09. The molecule has 0 aromatic carbocycles. The minimum Gasteiger partial charge on any atom is -0.267 e. The van der Waals surface area contributed by atoms with Crippen LogP contribution in [0.3, 0.4) is 0 Å². The zero-order valence-electron chi connectivity index (χ0n) is 7.69. The summed E-state index contributed by atoms with van der Waals surface area (Å²) in [6.45, 7) is -0.228. The number of rotatable bonds is 1. The topological polar surface area (TPSA) is 124 Å². The number of amides is 4. The smallest absolute Gasteiger partial charge is 0.267 e. The van der Waals surface area contributed by atoms with E-state index in [2.05, 4.69) is 10.0 Å². The van der Waals surface area contributed by atoms with Crippen LogP contribution in [0.25, 0.3) is 10.4 Å². The maximum atomic E-state index is 11.3. The Bertz CT molecular complexity index is 450. The molecule has 0 aromatic heterocycles. The van der Waals surface area contributed by atoms with Crippen molar-refractivity contribution in [1.82, 2.24) is 9.21 Å². The fraction of sp³-hybridized carbons (Fsp3) is 0.600. The van der Waals surface area contributed by atoms with Gasteiger partial charge in [-0.3, -0.25) is 9.69 Å². The molecule has 4 amide bonds. The normalized spacial score (nSPS) is 16.5. The molecule has 10 heteroatoms. The second-order valence-electron chi connectivity index (χ2n) is 2.74. The molecule has 1 rings (SSSR count). The number of hydrogen-bond acceptors (Lipinski definition) is 4.